The smallest absolute Gasteiger partial charge is 0.258 e. The standard InChI is InChI=1S/C21H20FN3O/c1-3-25(17-8-6-7-15(2)13-17)20-12-11-16(14-23-20)24-21(26)18-9-4-5-10-19(18)22/h4-14H,3H2,1-2H3,(H,24,26). The van der Waals surface area contributed by atoms with Gasteiger partial charge >= 0.3 is 0 Å². The largest absolute Gasteiger partial charge is 0.327 e. The second kappa shape index (κ2) is 7.78. The van der Waals surface area contributed by atoms with Crippen LogP contribution < -0.4 is 10.2 Å². The van der Waals surface area contributed by atoms with Crippen LogP contribution >= 0.6 is 0 Å². The summed E-state index contributed by atoms with van der Waals surface area (Å²) in [5, 5.41) is 2.67. The van der Waals surface area contributed by atoms with E-state index in [1.54, 1.807) is 24.4 Å². The summed E-state index contributed by atoms with van der Waals surface area (Å²) in [6.45, 7) is 4.86. The first-order valence-electron chi connectivity index (χ1n) is 8.44. The van der Waals surface area contributed by atoms with E-state index in [1.165, 1.54) is 17.7 Å². The number of rotatable bonds is 5. The predicted octanol–water partition coefficient (Wildman–Crippen LogP) is 4.94. The number of aromatic nitrogens is 1. The van der Waals surface area contributed by atoms with Gasteiger partial charge in [-0.2, -0.15) is 0 Å². The van der Waals surface area contributed by atoms with E-state index in [0.717, 1.165) is 18.1 Å². The van der Waals surface area contributed by atoms with E-state index < -0.39 is 11.7 Å². The van der Waals surface area contributed by atoms with Crippen molar-refractivity contribution in [2.75, 3.05) is 16.8 Å². The lowest BCUT2D eigenvalue weighted by molar-refractivity contribution is 0.102. The van der Waals surface area contributed by atoms with E-state index in [-0.39, 0.29) is 5.56 Å². The first kappa shape index (κ1) is 17.6. The summed E-state index contributed by atoms with van der Waals surface area (Å²) >= 11 is 0. The molecule has 3 rings (SSSR count). The van der Waals surface area contributed by atoms with Gasteiger partial charge in [-0.05, 0) is 55.8 Å². The maximum atomic E-state index is 13.7. The lowest BCUT2D eigenvalue weighted by Gasteiger charge is -2.22. The second-order valence-corrected chi connectivity index (χ2v) is 5.92. The molecule has 1 aromatic heterocycles. The first-order chi connectivity index (χ1) is 12.6. The molecule has 0 bridgehead atoms. The van der Waals surface area contributed by atoms with Gasteiger partial charge < -0.3 is 10.2 Å². The van der Waals surface area contributed by atoms with Gasteiger partial charge in [-0.3, -0.25) is 4.79 Å². The predicted molar refractivity (Wildman–Crippen MR) is 102 cm³/mol. The Balaban J connectivity index is 1.77. The zero-order chi connectivity index (χ0) is 18.5. The van der Waals surface area contributed by atoms with E-state index in [9.17, 15) is 9.18 Å². The van der Waals surface area contributed by atoms with E-state index in [1.807, 2.05) is 31.2 Å². The number of amides is 1. The fraction of sp³-hybridized carbons (Fsp3) is 0.143. The molecule has 1 N–H and O–H groups in total. The van der Waals surface area contributed by atoms with Gasteiger partial charge in [-0.15, -0.1) is 0 Å². The molecule has 1 amide bonds. The Hall–Kier alpha value is -3.21. The molecule has 0 aliphatic rings. The van der Waals surface area contributed by atoms with Crippen LogP contribution in [0.5, 0.6) is 0 Å². The molecular weight excluding hydrogens is 329 g/mol. The number of nitrogens with zero attached hydrogens (tertiary/aromatic N) is 2. The average molecular weight is 349 g/mol. The van der Waals surface area contributed by atoms with Crippen LogP contribution in [0, 0.1) is 12.7 Å². The van der Waals surface area contributed by atoms with E-state index in [0.29, 0.717) is 5.69 Å². The molecule has 5 heteroatoms. The molecular formula is C21H20FN3O. The number of benzene rings is 2. The summed E-state index contributed by atoms with van der Waals surface area (Å²) in [5.74, 6) is -0.267. The quantitative estimate of drug-likeness (QED) is 0.710. The number of carbonyl (C=O) groups is 1. The Morgan fingerprint density at radius 2 is 1.92 bits per heavy atom. The maximum Gasteiger partial charge on any atom is 0.258 e. The number of hydrogen-bond acceptors (Lipinski definition) is 3. The number of anilines is 3. The van der Waals surface area contributed by atoms with Crippen LogP contribution in [-0.2, 0) is 0 Å². The molecule has 0 radical (unpaired) electrons. The second-order valence-electron chi connectivity index (χ2n) is 5.92. The Morgan fingerprint density at radius 3 is 2.58 bits per heavy atom. The van der Waals surface area contributed by atoms with E-state index >= 15 is 0 Å². The van der Waals surface area contributed by atoms with Crippen LogP contribution in [0.15, 0.2) is 66.9 Å². The Morgan fingerprint density at radius 1 is 1.12 bits per heavy atom. The fourth-order valence-electron chi connectivity index (χ4n) is 2.74. The minimum atomic E-state index is -0.550. The molecule has 0 saturated carbocycles. The maximum absolute atomic E-state index is 13.7. The number of pyridine rings is 1. The molecule has 0 aliphatic heterocycles. The fourth-order valence-corrected chi connectivity index (χ4v) is 2.74. The molecule has 0 spiro atoms. The monoisotopic (exact) mass is 349 g/mol. The third-order valence-corrected chi connectivity index (χ3v) is 4.03. The SMILES string of the molecule is CCN(c1cccc(C)c1)c1ccc(NC(=O)c2ccccc2F)cn1. The zero-order valence-electron chi connectivity index (χ0n) is 14.7. The average Bonchev–Trinajstić information content (AvgIpc) is 2.64. The van der Waals surface area contributed by atoms with Crippen LogP contribution in [0.2, 0.25) is 0 Å². The third-order valence-electron chi connectivity index (χ3n) is 4.03. The molecule has 0 fully saturated rings. The van der Waals surface area contributed by atoms with Crippen molar-refractivity contribution in [2.24, 2.45) is 0 Å². The van der Waals surface area contributed by atoms with Crippen molar-refractivity contribution < 1.29 is 9.18 Å². The van der Waals surface area contributed by atoms with Gasteiger partial charge in [0.15, 0.2) is 0 Å². The van der Waals surface area contributed by atoms with Gasteiger partial charge in [0.25, 0.3) is 5.91 Å². The van der Waals surface area contributed by atoms with Crippen molar-refractivity contribution in [3.8, 4) is 0 Å². The number of nitrogens with one attached hydrogen (secondary N) is 1. The molecule has 26 heavy (non-hydrogen) atoms. The van der Waals surface area contributed by atoms with Crippen LogP contribution in [-0.4, -0.2) is 17.4 Å². The van der Waals surface area contributed by atoms with Crippen molar-refractivity contribution in [1.82, 2.24) is 4.98 Å². The summed E-state index contributed by atoms with van der Waals surface area (Å²) in [5.41, 5.74) is 2.76. The lowest BCUT2D eigenvalue weighted by Crippen LogP contribution is -2.18. The first-order valence-corrected chi connectivity index (χ1v) is 8.44. The van der Waals surface area contributed by atoms with Gasteiger partial charge in [0.1, 0.15) is 11.6 Å². The van der Waals surface area contributed by atoms with Gasteiger partial charge in [0.05, 0.1) is 17.4 Å². The normalized spacial score (nSPS) is 10.4. The van der Waals surface area contributed by atoms with Gasteiger partial charge in [-0.25, -0.2) is 9.37 Å². The molecule has 0 unspecified atom stereocenters. The van der Waals surface area contributed by atoms with Crippen LogP contribution in [0.25, 0.3) is 0 Å². The minimum Gasteiger partial charge on any atom is -0.327 e. The van der Waals surface area contributed by atoms with Gasteiger partial charge in [0, 0.05) is 12.2 Å². The molecule has 3 aromatic rings. The summed E-state index contributed by atoms with van der Waals surface area (Å²) in [7, 11) is 0. The molecule has 132 valence electrons. The highest BCUT2D eigenvalue weighted by Crippen LogP contribution is 2.25. The molecule has 1 heterocycles. The zero-order valence-corrected chi connectivity index (χ0v) is 14.7. The summed E-state index contributed by atoms with van der Waals surface area (Å²) in [6, 6.07) is 17.7. The van der Waals surface area contributed by atoms with Crippen LogP contribution in [0.3, 0.4) is 0 Å². The Labute approximate surface area is 152 Å². The van der Waals surface area contributed by atoms with E-state index in [4.69, 9.17) is 0 Å². The third kappa shape index (κ3) is 3.88. The molecule has 0 saturated heterocycles. The number of aryl methyl sites for hydroxylation is 1. The number of hydrogen-bond donors (Lipinski definition) is 1. The van der Waals surface area contributed by atoms with Gasteiger partial charge in [0.2, 0.25) is 0 Å². The van der Waals surface area contributed by atoms with Crippen molar-refractivity contribution in [3.05, 3.63) is 83.8 Å². The summed E-state index contributed by atoms with van der Waals surface area (Å²) in [4.78, 5) is 18.7. The molecule has 4 nitrogen and oxygen atoms in total. The Bertz CT molecular complexity index is 909. The minimum absolute atomic E-state index is 0.00604. The number of carbonyl (C=O) groups excluding carboxylic acids is 1. The molecule has 2 aromatic carbocycles. The van der Waals surface area contributed by atoms with Gasteiger partial charge in [-0.1, -0.05) is 24.3 Å². The highest BCUT2D eigenvalue weighted by Gasteiger charge is 2.12. The van der Waals surface area contributed by atoms with Crippen molar-refractivity contribution in [1.29, 1.82) is 0 Å². The van der Waals surface area contributed by atoms with Crippen molar-refractivity contribution in [3.63, 3.8) is 0 Å². The highest BCUT2D eigenvalue weighted by molar-refractivity contribution is 6.04. The highest BCUT2D eigenvalue weighted by atomic mass is 19.1. The summed E-state index contributed by atoms with van der Waals surface area (Å²) in [6.07, 6.45) is 1.58. The van der Waals surface area contributed by atoms with Crippen molar-refractivity contribution >= 4 is 23.1 Å². The Kier molecular flexibility index (Phi) is 5.27. The molecule has 0 atom stereocenters. The van der Waals surface area contributed by atoms with Crippen molar-refractivity contribution in [2.45, 2.75) is 13.8 Å². The van der Waals surface area contributed by atoms with Crippen LogP contribution in [0.1, 0.15) is 22.8 Å². The lowest BCUT2D eigenvalue weighted by atomic mass is 10.2. The molecule has 0 aliphatic carbocycles. The number of halogens is 1. The summed E-state index contributed by atoms with van der Waals surface area (Å²) < 4.78 is 13.7. The van der Waals surface area contributed by atoms with E-state index in [2.05, 4.69) is 28.2 Å². The topological polar surface area (TPSA) is 45.2 Å². The van der Waals surface area contributed by atoms with Crippen LogP contribution in [0.4, 0.5) is 21.6 Å².